The molecule has 2 aliphatic rings. The van der Waals surface area contributed by atoms with Crippen LogP contribution in [0.2, 0.25) is 0 Å². The van der Waals surface area contributed by atoms with Crippen LogP contribution >= 0.6 is 0 Å². The van der Waals surface area contributed by atoms with Crippen LogP contribution in [0.3, 0.4) is 0 Å². The zero-order valence-electron chi connectivity index (χ0n) is 8.36. The standard InChI is InChI=1S/C8H9N3.C2H6/c1-7-5-9-8-3-2-4-10-11(8)6-7;1-2/h3-6H,2H2,1H3;1-2H3. The van der Waals surface area contributed by atoms with E-state index >= 15 is 0 Å². The van der Waals surface area contributed by atoms with Crippen molar-refractivity contribution in [2.75, 3.05) is 0 Å². The van der Waals surface area contributed by atoms with E-state index in [1.165, 1.54) is 0 Å². The lowest BCUT2D eigenvalue weighted by Gasteiger charge is -2.20. The van der Waals surface area contributed by atoms with Crippen LogP contribution in [0.15, 0.2) is 33.8 Å². The summed E-state index contributed by atoms with van der Waals surface area (Å²) in [4.78, 5) is 4.21. The third kappa shape index (κ3) is 2.28. The van der Waals surface area contributed by atoms with E-state index in [-0.39, 0.29) is 0 Å². The Bertz CT molecular complexity index is 285. The lowest BCUT2D eigenvalue weighted by molar-refractivity contribution is 0.479. The predicted molar refractivity (Wildman–Crippen MR) is 56.6 cm³/mol. The fourth-order valence-corrected chi connectivity index (χ4v) is 1.05. The van der Waals surface area contributed by atoms with Crippen molar-refractivity contribution >= 4 is 12.4 Å². The molecule has 0 unspecified atom stereocenters. The number of nitrogens with zero attached hydrogens (tertiary/aromatic N) is 3. The fourth-order valence-electron chi connectivity index (χ4n) is 1.05. The molecule has 0 bridgehead atoms. The predicted octanol–water partition coefficient (Wildman–Crippen LogP) is 2.53. The van der Waals surface area contributed by atoms with Crippen molar-refractivity contribution in [2.24, 2.45) is 10.1 Å². The van der Waals surface area contributed by atoms with E-state index in [1.807, 2.05) is 45.5 Å². The zero-order chi connectivity index (χ0) is 9.68. The molecular weight excluding hydrogens is 162 g/mol. The summed E-state index contributed by atoms with van der Waals surface area (Å²) in [7, 11) is 0. The zero-order valence-corrected chi connectivity index (χ0v) is 8.36. The smallest absolute Gasteiger partial charge is 0.149 e. The quantitative estimate of drug-likeness (QED) is 0.558. The van der Waals surface area contributed by atoms with Gasteiger partial charge in [-0.15, -0.1) is 0 Å². The van der Waals surface area contributed by atoms with E-state index in [9.17, 15) is 0 Å². The van der Waals surface area contributed by atoms with Gasteiger partial charge in [-0.05, 0) is 18.6 Å². The number of aliphatic imine (C=N–C) groups is 1. The summed E-state index contributed by atoms with van der Waals surface area (Å²) in [5, 5.41) is 5.94. The molecule has 0 aliphatic carbocycles. The van der Waals surface area contributed by atoms with Gasteiger partial charge in [0.2, 0.25) is 0 Å². The highest BCUT2D eigenvalue weighted by molar-refractivity contribution is 5.80. The van der Waals surface area contributed by atoms with Gasteiger partial charge in [-0.2, -0.15) is 5.10 Å². The molecule has 70 valence electrons. The van der Waals surface area contributed by atoms with Crippen molar-refractivity contribution in [1.82, 2.24) is 5.01 Å². The van der Waals surface area contributed by atoms with Gasteiger partial charge in [-0.1, -0.05) is 13.8 Å². The normalized spacial score (nSPS) is 18.2. The first-order chi connectivity index (χ1) is 6.36. The molecule has 0 saturated heterocycles. The molecule has 3 nitrogen and oxygen atoms in total. The van der Waals surface area contributed by atoms with Gasteiger partial charge in [-0.3, -0.25) is 0 Å². The molecule has 13 heavy (non-hydrogen) atoms. The summed E-state index contributed by atoms with van der Waals surface area (Å²) in [6.45, 7) is 6.00. The van der Waals surface area contributed by atoms with Crippen LogP contribution in [0.1, 0.15) is 27.2 Å². The Morgan fingerprint density at radius 1 is 1.38 bits per heavy atom. The van der Waals surface area contributed by atoms with Gasteiger partial charge < -0.3 is 0 Å². The first-order valence-electron chi connectivity index (χ1n) is 4.60. The molecule has 0 atom stereocenters. The maximum Gasteiger partial charge on any atom is 0.149 e. The Morgan fingerprint density at radius 3 is 2.92 bits per heavy atom. The molecule has 2 rings (SSSR count). The van der Waals surface area contributed by atoms with Gasteiger partial charge in [-0.25, -0.2) is 10.0 Å². The van der Waals surface area contributed by atoms with Crippen molar-refractivity contribution in [3.63, 3.8) is 0 Å². The average Bonchev–Trinajstić information content (AvgIpc) is 2.21. The third-order valence-electron chi connectivity index (χ3n) is 1.57. The first-order valence-corrected chi connectivity index (χ1v) is 4.60. The Balaban J connectivity index is 0.000000396. The number of allylic oxidation sites excluding steroid dienone is 2. The fraction of sp³-hybridized carbons (Fsp3) is 0.400. The second-order valence-corrected chi connectivity index (χ2v) is 2.57. The molecule has 3 heteroatoms. The highest BCUT2D eigenvalue weighted by Crippen LogP contribution is 2.16. The van der Waals surface area contributed by atoms with E-state index in [2.05, 4.69) is 10.1 Å². The van der Waals surface area contributed by atoms with Crippen molar-refractivity contribution < 1.29 is 0 Å². The molecule has 0 fully saturated rings. The molecule has 0 spiro atoms. The number of rotatable bonds is 0. The average molecular weight is 177 g/mol. The lowest BCUT2D eigenvalue weighted by atomic mass is 10.3. The Hall–Kier alpha value is -1.38. The van der Waals surface area contributed by atoms with Crippen LogP contribution < -0.4 is 0 Å². The van der Waals surface area contributed by atoms with Crippen molar-refractivity contribution in [1.29, 1.82) is 0 Å². The summed E-state index contributed by atoms with van der Waals surface area (Å²) < 4.78 is 0. The summed E-state index contributed by atoms with van der Waals surface area (Å²) in [6, 6.07) is 0. The summed E-state index contributed by atoms with van der Waals surface area (Å²) in [5.41, 5.74) is 1.13. The summed E-state index contributed by atoms with van der Waals surface area (Å²) >= 11 is 0. The number of fused-ring (bicyclic) bond motifs is 1. The van der Waals surface area contributed by atoms with Crippen molar-refractivity contribution in [2.45, 2.75) is 27.2 Å². The van der Waals surface area contributed by atoms with Crippen LogP contribution in [-0.4, -0.2) is 17.4 Å². The van der Waals surface area contributed by atoms with Gasteiger partial charge in [0.15, 0.2) is 0 Å². The molecule has 0 saturated carbocycles. The topological polar surface area (TPSA) is 28.0 Å². The Labute approximate surface area is 79.2 Å². The van der Waals surface area contributed by atoms with Crippen LogP contribution in [0, 0.1) is 0 Å². The van der Waals surface area contributed by atoms with E-state index < -0.39 is 0 Å². The van der Waals surface area contributed by atoms with E-state index in [1.54, 1.807) is 5.01 Å². The molecule has 0 N–H and O–H groups in total. The van der Waals surface area contributed by atoms with Crippen molar-refractivity contribution in [3.8, 4) is 0 Å². The number of hydrogen-bond acceptors (Lipinski definition) is 3. The van der Waals surface area contributed by atoms with Gasteiger partial charge in [0.05, 0.1) is 0 Å². The monoisotopic (exact) mass is 177 g/mol. The third-order valence-corrected chi connectivity index (χ3v) is 1.57. The lowest BCUT2D eigenvalue weighted by Crippen LogP contribution is -2.15. The number of hydrogen-bond donors (Lipinski definition) is 0. The Morgan fingerprint density at radius 2 is 2.15 bits per heavy atom. The second kappa shape index (κ2) is 4.60. The summed E-state index contributed by atoms with van der Waals surface area (Å²) in [5.74, 6) is 0.929. The second-order valence-electron chi connectivity index (χ2n) is 2.57. The molecule has 0 aromatic heterocycles. The minimum atomic E-state index is 0.885. The van der Waals surface area contributed by atoms with Crippen LogP contribution in [0.25, 0.3) is 0 Å². The van der Waals surface area contributed by atoms with Gasteiger partial charge in [0.1, 0.15) is 5.82 Å². The SMILES string of the molecule is CC.CC1=CN2N=CCC=C2N=C1. The van der Waals surface area contributed by atoms with Gasteiger partial charge in [0.25, 0.3) is 0 Å². The molecular formula is C10H15N3. The van der Waals surface area contributed by atoms with Gasteiger partial charge in [0, 0.05) is 25.0 Å². The maximum absolute atomic E-state index is 4.21. The highest BCUT2D eigenvalue weighted by atomic mass is 15.5. The largest absolute Gasteiger partial charge is 0.237 e. The Kier molecular flexibility index (Phi) is 3.43. The minimum absolute atomic E-state index is 0.885. The van der Waals surface area contributed by atoms with E-state index in [0.717, 1.165) is 17.8 Å². The number of hydrazone groups is 1. The van der Waals surface area contributed by atoms with E-state index in [4.69, 9.17) is 0 Å². The van der Waals surface area contributed by atoms with Crippen LogP contribution in [0.4, 0.5) is 0 Å². The first kappa shape index (κ1) is 9.71. The van der Waals surface area contributed by atoms with Crippen molar-refractivity contribution in [3.05, 3.63) is 23.7 Å². The summed E-state index contributed by atoms with van der Waals surface area (Å²) in [6.07, 6.45) is 8.62. The van der Waals surface area contributed by atoms with Crippen LogP contribution in [0.5, 0.6) is 0 Å². The highest BCUT2D eigenvalue weighted by Gasteiger charge is 2.09. The molecule has 0 aromatic rings. The molecule has 0 aromatic carbocycles. The molecule has 2 aliphatic heterocycles. The molecule has 2 heterocycles. The van der Waals surface area contributed by atoms with E-state index in [0.29, 0.717) is 0 Å². The molecule has 0 amide bonds. The van der Waals surface area contributed by atoms with Crippen LogP contribution in [-0.2, 0) is 0 Å². The molecule has 0 radical (unpaired) electrons. The minimum Gasteiger partial charge on any atom is -0.237 e. The maximum atomic E-state index is 4.21. The van der Waals surface area contributed by atoms with Gasteiger partial charge >= 0.3 is 0 Å².